The van der Waals surface area contributed by atoms with Gasteiger partial charge in [-0.05, 0) is 29.8 Å². The highest BCUT2D eigenvalue weighted by Crippen LogP contribution is 2.34. The van der Waals surface area contributed by atoms with Gasteiger partial charge < -0.3 is 19.9 Å². The number of anilines is 1. The third kappa shape index (κ3) is 5.01. The lowest BCUT2D eigenvalue weighted by atomic mass is 10.1. The van der Waals surface area contributed by atoms with Crippen molar-refractivity contribution in [1.29, 1.82) is 0 Å². The molecule has 0 spiro atoms. The molecule has 2 N–H and O–H groups in total. The SMILES string of the molecule is O=C(Nc1ccc2c(c1)OCC(CO)O2)c1ccc(C=CC(F)(F)F)cc1. The number of allylic oxidation sites excluding steroid dienone is 1. The number of carbonyl (C=O) groups is 1. The van der Waals surface area contributed by atoms with Crippen LogP contribution in [-0.4, -0.2) is 36.5 Å². The molecule has 142 valence electrons. The number of amides is 1. The molecule has 3 rings (SSSR count). The van der Waals surface area contributed by atoms with Gasteiger partial charge in [0.15, 0.2) is 17.6 Å². The van der Waals surface area contributed by atoms with Crippen LogP contribution in [-0.2, 0) is 0 Å². The van der Waals surface area contributed by atoms with Crippen molar-refractivity contribution in [3.8, 4) is 11.5 Å². The second-order valence-corrected chi connectivity index (χ2v) is 5.85. The molecule has 1 unspecified atom stereocenters. The summed E-state index contributed by atoms with van der Waals surface area (Å²) in [7, 11) is 0. The smallest absolute Gasteiger partial charge is 0.409 e. The van der Waals surface area contributed by atoms with Gasteiger partial charge in [-0.25, -0.2) is 0 Å². The molecule has 0 radical (unpaired) electrons. The zero-order valence-corrected chi connectivity index (χ0v) is 14.0. The Bertz CT molecular complexity index is 847. The predicted molar refractivity (Wildman–Crippen MR) is 92.9 cm³/mol. The Morgan fingerprint density at radius 3 is 2.59 bits per heavy atom. The van der Waals surface area contributed by atoms with Crippen molar-refractivity contribution in [3.05, 3.63) is 59.7 Å². The quantitative estimate of drug-likeness (QED) is 0.851. The van der Waals surface area contributed by atoms with E-state index in [4.69, 9.17) is 14.6 Å². The molecular weight excluding hydrogens is 363 g/mol. The van der Waals surface area contributed by atoms with Gasteiger partial charge in [-0.3, -0.25) is 4.79 Å². The summed E-state index contributed by atoms with van der Waals surface area (Å²) in [6, 6.07) is 10.6. The third-order valence-electron chi connectivity index (χ3n) is 3.76. The Labute approximate surface area is 153 Å². The van der Waals surface area contributed by atoms with Gasteiger partial charge in [0, 0.05) is 23.4 Å². The molecule has 2 aromatic rings. The van der Waals surface area contributed by atoms with Gasteiger partial charge in [-0.2, -0.15) is 13.2 Å². The molecular formula is C19H16F3NO4. The monoisotopic (exact) mass is 379 g/mol. The first-order valence-corrected chi connectivity index (χ1v) is 8.06. The van der Waals surface area contributed by atoms with E-state index in [2.05, 4.69) is 5.32 Å². The molecule has 0 saturated heterocycles. The fourth-order valence-corrected chi connectivity index (χ4v) is 2.42. The summed E-state index contributed by atoms with van der Waals surface area (Å²) in [5, 5.41) is 11.8. The molecule has 1 aliphatic heterocycles. The van der Waals surface area contributed by atoms with Gasteiger partial charge in [0.2, 0.25) is 0 Å². The number of nitrogens with one attached hydrogen (secondary N) is 1. The molecule has 0 fully saturated rings. The normalized spacial score (nSPS) is 16.4. The molecule has 27 heavy (non-hydrogen) atoms. The number of hydrogen-bond acceptors (Lipinski definition) is 4. The average Bonchev–Trinajstić information content (AvgIpc) is 2.65. The van der Waals surface area contributed by atoms with E-state index in [0.29, 0.717) is 28.3 Å². The topological polar surface area (TPSA) is 67.8 Å². The van der Waals surface area contributed by atoms with E-state index in [-0.39, 0.29) is 19.3 Å². The summed E-state index contributed by atoms with van der Waals surface area (Å²) >= 11 is 0. The number of aliphatic hydroxyl groups is 1. The molecule has 0 aromatic heterocycles. The van der Waals surface area contributed by atoms with E-state index in [1.807, 2.05) is 0 Å². The first-order valence-electron chi connectivity index (χ1n) is 8.06. The van der Waals surface area contributed by atoms with Crippen LogP contribution in [0.5, 0.6) is 11.5 Å². The van der Waals surface area contributed by atoms with Crippen LogP contribution in [0.25, 0.3) is 6.08 Å². The molecule has 1 heterocycles. The number of rotatable bonds is 4. The van der Waals surface area contributed by atoms with Crippen molar-refractivity contribution in [1.82, 2.24) is 0 Å². The minimum absolute atomic E-state index is 0.138. The van der Waals surface area contributed by atoms with Gasteiger partial charge in [-0.15, -0.1) is 0 Å². The van der Waals surface area contributed by atoms with Gasteiger partial charge in [0.1, 0.15) is 6.61 Å². The van der Waals surface area contributed by atoms with E-state index >= 15 is 0 Å². The Kier molecular flexibility index (Phi) is 5.36. The van der Waals surface area contributed by atoms with Crippen LogP contribution < -0.4 is 14.8 Å². The summed E-state index contributed by atoms with van der Waals surface area (Å²) in [5.41, 5.74) is 1.11. The van der Waals surface area contributed by atoms with Crippen molar-refractivity contribution >= 4 is 17.7 Å². The van der Waals surface area contributed by atoms with Crippen LogP contribution in [0.3, 0.4) is 0 Å². The van der Waals surface area contributed by atoms with Crippen LogP contribution in [0.2, 0.25) is 0 Å². The summed E-state index contributed by atoms with van der Waals surface area (Å²) in [5.74, 6) is 0.510. The molecule has 2 aromatic carbocycles. The maximum absolute atomic E-state index is 12.3. The van der Waals surface area contributed by atoms with E-state index in [0.717, 1.165) is 6.08 Å². The predicted octanol–water partition coefficient (Wildman–Crippen LogP) is 3.65. The number of aliphatic hydroxyl groups excluding tert-OH is 1. The Hall–Kier alpha value is -3.00. The highest BCUT2D eigenvalue weighted by atomic mass is 19.4. The second-order valence-electron chi connectivity index (χ2n) is 5.85. The van der Waals surface area contributed by atoms with Crippen molar-refractivity contribution in [2.45, 2.75) is 12.3 Å². The summed E-state index contributed by atoms with van der Waals surface area (Å²) in [4.78, 5) is 12.3. The zero-order chi connectivity index (χ0) is 19.4. The maximum Gasteiger partial charge on any atom is 0.409 e. The number of halogens is 3. The standard InChI is InChI=1S/C19H16F3NO4/c20-19(21,22)8-7-12-1-3-13(4-2-12)18(25)23-14-5-6-16-17(9-14)26-11-15(10-24)27-16/h1-9,15,24H,10-11H2,(H,23,25). The minimum Gasteiger partial charge on any atom is -0.486 e. The minimum atomic E-state index is -4.38. The van der Waals surface area contributed by atoms with Gasteiger partial charge in [-0.1, -0.05) is 18.2 Å². The highest BCUT2D eigenvalue weighted by molar-refractivity contribution is 6.04. The lowest BCUT2D eigenvalue weighted by Gasteiger charge is -2.25. The number of fused-ring (bicyclic) bond motifs is 1. The number of benzene rings is 2. The number of alkyl halides is 3. The average molecular weight is 379 g/mol. The molecule has 0 aliphatic carbocycles. The van der Waals surface area contributed by atoms with Crippen LogP contribution in [0.4, 0.5) is 18.9 Å². The molecule has 0 bridgehead atoms. The number of ether oxygens (including phenoxy) is 2. The number of carbonyl (C=O) groups excluding carboxylic acids is 1. The first-order chi connectivity index (χ1) is 12.8. The summed E-state index contributed by atoms with van der Waals surface area (Å²) in [6.45, 7) is 0.0416. The van der Waals surface area contributed by atoms with Gasteiger partial charge in [0.25, 0.3) is 5.91 Å². The molecule has 8 heteroatoms. The van der Waals surface area contributed by atoms with Crippen LogP contribution in [0, 0.1) is 0 Å². The second kappa shape index (κ2) is 7.71. The Balaban J connectivity index is 1.66. The van der Waals surface area contributed by atoms with Crippen LogP contribution in [0.15, 0.2) is 48.5 Å². The summed E-state index contributed by atoms with van der Waals surface area (Å²) < 4.78 is 47.5. The molecule has 1 atom stereocenters. The lowest BCUT2D eigenvalue weighted by Crippen LogP contribution is -2.32. The Morgan fingerprint density at radius 1 is 1.19 bits per heavy atom. The van der Waals surface area contributed by atoms with E-state index in [1.165, 1.54) is 24.3 Å². The first kappa shape index (κ1) is 18.8. The molecule has 0 saturated carbocycles. The number of hydrogen-bond donors (Lipinski definition) is 2. The highest BCUT2D eigenvalue weighted by Gasteiger charge is 2.22. The van der Waals surface area contributed by atoms with Gasteiger partial charge >= 0.3 is 6.18 Å². The van der Waals surface area contributed by atoms with E-state index in [1.54, 1.807) is 18.2 Å². The molecule has 1 amide bonds. The zero-order valence-electron chi connectivity index (χ0n) is 14.0. The van der Waals surface area contributed by atoms with Gasteiger partial charge in [0.05, 0.1) is 6.61 Å². The van der Waals surface area contributed by atoms with Crippen molar-refractivity contribution in [2.24, 2.45) is 0 Å². The lowest BCUT2D eigenvalue weighted by molar-refractivity contribution is -0.0790. The van der Waals surface area contributed by atoms with E-state index < -0.39 is 18.2 Å². The van der Waals surface area contributed by atoms with Crippen molar-refractivity contribution in [3.63, 3.8) is 0 Å². The molecule has 1 aliphatic rings. The largest absolute Gasteiger partial charge is 0.486 e. The molecule has 5 nitrogen and oxygen atoms in total. The van der Waals surface area contributed by atoms with Crippen LogP contribution >= 0.6 is 0 Å². The Morgan fingerprint density at radius 2 is 1.93 bits per heavy atom. The van der Waals surface area contributed by atoms with Crippen molar-refractivity contribution in [2.75, 3.05) is 18.5 Å². The van der Waals surface area contributed by atoms with Crippen molar-refractivity contribution < 1.29 is 32.5 Å². The van der Waals surface area contributed by atoms with E-state index in [9.17, 15) is 18.0 Å². The third-order valence-corrected chi connectivity index (χ3v) is 3.76. The fraction of sp³-hybridized carbons (Fsp3) is 0.211. The summed E-state index contributed by atoms with van der Waals surface area (Å²) in [6.07, 6.45) is -3.74. The maximum atomic E-state index is 12.3. The van der Waals surface area contributed by atoms with Crippen LogP contribution in [0.1, 0.15) is 15.9 Å². The fourth-order valence-electron chi connectivity index (χ4n) is 2.42.